The largest absolute Gasteiger partial charge is 0.437 e. The summed E-state index contributed by atoms with van der Waals surface area (Å²) in [7, 11) is 0. The predicted molar refractivity (Wildman–Crippen MR) is 85.0 cm³/mol. The van der Waals surface area contributed by atoms with E-state index in [2.05, 4.69) is 10.3 Å². The summed E-state index contributed by atoms with van der Waals surface area (Å²) in [5.41, 5.74) is 0. The molecule has 1 N–H and O–H groups in total. The van der Waals surface area contributed by atoms with Crippen molar-refractivity contribution in [1.82, 2.24) is 4.98 Å². The Morgan fingerprint density at radius 1 is 1.00 bits per heavy atom. The molecule has 106 valence electrons. The molecule has 0 aliphatic carbocycles. The average Bonchev–Trinajstić information content (AvgIpc) is 2.39. The van der Waals surface area contributed by atoms with Crippen LogP contribution in [0, 0.1) is 0 Å². The number of hydrogen-bond acceptors (Lipinski definition) is 3. The summed E-state index contributed by atoms with van der Waals surface area (Å²) in [5.74, 6) is 1.23. The molecule has 2 aromatic rings. The number of pyridine rings is 1. The Balaban J connectivity index is 2.32. The van der Waals surface area contributed by atoms with Crippen LogP contribution in [0.1, 0.15) is 6.92 Å². The van der Waals surface area contributed by atoms with E-state index in [9.17, 15) is 0 Å². The predicted octanol–water partition coefficient (Wildman–Crippen LogP) is 5.92. The normalized spacial score (nSPS) is 10.4. The van der Waals surface area contributed by atoms with Crippen molar-refractivity contribution in [3.8, 4) is 11.6 Å². The molecule has 0 unspecified atom stereocenters. The molecular weight excluding hydrogens is 342 g/mol. The van der Waals surface area contributed by atoms with Crippen LogP contribution >= 0.6 is 46.4 Å². The molecule has 0 atom stereocenters. The fourth-order valence-corrected chi connectivity index (χ4v) is 2.22. The molecule has 0 aliphatic heterocycles. The lowest BCUT2D eigenvalue weighted by atomic mass is 10.3. The summed E-state index contributed by atoms with van der Waals surface area (Å²) in [6.45, 7) is 2.62. The van der Waals surface area contributed by atoms with E-state index in [1.807, 2.05) is 6.92 Å². The van der Waals surface area contributed by atoms with Crippen molar-refractivity contribution in [1.29, 1.82) is 0 Å². The first-order valence-corrected chi connectivity index (χ1v) is 7.25. The van der Waals surface area contributed by atoms with Gasteiger partial charge in [-0.2, -0.15) is 4.98 Å². The van der Waals surface area contributed by atoms with E-state index >= 15 is 0 Å². The Kier molecular flexibility index (Phi) is 5.22. The molecular formula is C13H10Cl4N2O. The quantitative estimate of drug-likeness (QED) is 0.742. The number of nitrogens with zero attached hydrogens (tertiary/aromatic N) is 1. The summed E-state index contributed by atoms with van der Waals surface area (Å²) >= 11 is 23.9. The SMILES string of the molecule is CCNc1nc(Oc2ccc(Cl)c(Cl)c2)c(Cl)cc1Cl. The van der Waals surface area contributed by atoms with E-state index in [0.29, 0.717) is 38.2 Å². The van der Waals surface area contributed by atoms with Gasteiger partial charge in [-0.05, 0) is 25.1 Å². The first kappa shape index (κ1) is 15.5. The van der Waals surface area contributed by atoms with Crippen molar-refractivity contribution in [3.63, 3.8) is 0 Å². The number of aromatic nitrogens is 1. The van der Waals surface area contributed by atoms with Gasteiger partial charge in [0.1, 0.15) is 16.6 Å². The molecule has 7 heteroatoms. The fraction of sp³-hybridized carbons (Fsp3) is 0.154. The second kappa shape index (κ2) is 6.72. The summed E-state index contributed by atoms with van der Waals surface area (Å²) in [6, 6.07) is 6.46. The van der Waals surface area contributed by atoms with Gasteiger partial charge in [-0.25, -0.2) is 0 Å². The lowest BCUT2D eigenvalue weighted by Crippen LogP contribution is -2.01. The van der Waals surface area contributed by atoms with Gasteiger partial charge in [0.05, 0.1) is 15.1 Å². The number of nitrogens with one attached hydrogen (secondary N) is 1. The molecule has 3 nitrogen and oxygen atoms in total. The average molecular weight is 352 g/mol. The van der Waals surface area contributed by atoms with Crippen LogP contribution in [0.15, 0.2) is 24.3 Å². The van der Waals surface area contributed by atoms with Crippen LogP contribution in [0.3, 0.4) is 0 Å². The standard InChI is InChI=1S/C13H10Cl4N2O/c1-2-18-12-10(16)6-11(17)13(19-12)20-7-3-4-8(14)9(15)5-7/h3-6H,2H2,1H3,(H,18,19). The highest BCUT2D eigenvalue weighted by Crippen LogP contribution is 2.35. The molecule has 0 amide bonds. The van der Waals surface area contributed by atoms with Crippen LogP contribution in [-0.4, -0.2) is 11.5 Å². The van der Waals surface area contributed by atoms with Crippen LogP contribution in [-0.2, 0) is 0 Å². The summed E-state index contributed by atoms with van der Waals surface area (Å²) in [6.07, 6.45) is 0. The second-order valence-corrected chi connectivity index (χ2v) is 5.44. The van der Waals surface area contributed by atoms with Crippen LogP contribution in [0.5, 0.6) is 11.6 Å². The van der Waals surface area contributed by atoms with E-state index in [4.69, 9.17) is 51.1 Å². The van der Waals surface area contributed by atoms with Crippen LogP contribution < -0.4 is 10.1 Å². The highest BCUT2D eigenvalue weighted by Gasteiger charge is 2.11. The lowest BCUT2D eigenvalue weighted by Gasteiger charge is -2.11. The van der Waals surface area contributed by atoms with Gasteiger partial charge in [-0.15, -0.1) is 0 Å². The number of ether oxygens (including phenoxy) is 1. The minimum absolute atomic E-state index is 0.241. The fourth-order valence-electron chi connectivity index (χ4n) is 1.46. The zero-order valence-corrected chi connectivity index (χ0v) is 13.4. The van der Waals surface area contributed by atoms with Gasteiger partial charge in [-0.1, -0.05) is 46.4 Å². The molecule has 1 heterocycles. The molecule has 0 fully saturated rings. The van der Waals surface area contributed by atoms with Crippen LogP contribution in [0.4, 0.5) is 5.82 Å². The van der Waals surface area contributed by atoms with E-state index in [1.54, 1.807) is 24.3 Å². The Morgan fingerprint density at radius 2 is 1.75 bits per heavy atom. The number of hydrogen-bond donors (Lipinski definition) is 1. The maximum absolute atomic E-state index is 6.06. The second-order valence-electron chi connectivity index (χ2n) is 3.81. The number of benzene rings is 1. The van der Waals surface area contributed by atoms with Crippen molar-refractivity contribution in [2.75, 3.05) is 11.9 Å². The molecule has 1 aromatic heterocycles. The first-order chi connectivity index (χ1) is 9.51. The number of halogens is 4. The van der Waals surface area contributed by atoms with Gasteiger partial charge >= 0.3 is 0 Å². The van der Waals surface area contributed by atoms with Gasteiger partial charge in [0.15, 0.2) is 0 Å². The van der Waals surface area contributed by atoms with Gasteiger partial charge < -0.3 is 10.1 Å². The van der Waals surface area contributed by atoms with Gasteiger partial charge in [-0.3, -0.25) is 0 Å². The molecule has 20 heavy (non-hydrogen) atoms. The molecule has 0 spiro atoms. The molecule has 1 aromatic carbocycles. The lowest BCUT2D eigenvalue weighted by molar-refractivity contribution is 0.464. The van der Waals surface area contributed by atoms with Crippen molar-refractivity contribution >= 4 is 52.2 Å². The molecule has 2 rings (SSSR count). The number of rotatable bonds is 4. The van der Waals surface area contributed by atoms with E-state index in [0.717, 1.165) is 0 Å². The minimum atomic E-state index is 0.241. The Hall–Kier alpha value is -0.870. The molecule has 0 aliphatic rings. The number of anilines is 1. The molecule has 0 saturated heterocycles. The zero-order chi connectivity index (χ0) is 14.7. The van der Waals surface area contributed by atoms with Crippen molar-refractivity contribution in [2.24, 2.45) is 0 Å². The monoisotopic (exact) mass is 350 g/mol. The van der Waals surface area contributed by atoms with E-state index in [-0.39, 0.29) is 5.88 Å². The summed E-state index contributed by atoms with van der Waals surface area (Å²) < 4.78 is 5.60. The van der Waals surface area contributed by atoms with Crippen molar-refractivity contribution in [3.05, 3.63) is 44.4 Å². The third-order valence-corrected chi connectivity index (χ3v) is 3.65. The third kappa shape index (κ3) is 3.61. The van der Waals surface area contributed by atoms with Crippen molar-refractivity contribution < 1.29 is 4.74 Å². The first-order valence-electron chi connectivity index (χ1n) is 5.74. The molecule has 0 bridgehead atoms. The highest BCUT2D eigenvalue weighted by molar-refractivity contribution is 6.42. The van der Waals surface area contributed by atoms with Gasteiger partial charge in [0.25, 0.3) is 0 Å². The smallest absolute Gasteiger partial charge is 0.240 e. The molecule has 0 saturated carbocycles. The van der Waals surface area contributed by atoms with E-state index < -0.39 is 0 Å². The van der Waals surface area contributed by atoms with Crippen LogP contribution in [0.25, 0.3) is 0 Å². The van der Waals surface area contributed by atoms with Crippen molar-refractivity contribution in [2.45, 2.75) is 6.92 Å². The summed E-state index contributed by atoms with van der Waals surface area (Å²) in [4.78, 5) is 4.24. The van der Waals surface area contributed by atoms with Crippen LogP contribution in [0.2, 0.25) is 20.1 Å². The topological polar surface area (TPSA) is 34.2 Å². The van der Waals surface area contributed by atoms with E-state index in [1.165, 1.54) is 0 Å². The Labute approximate surface area is 136 Å². The maximum atomic E-state index is 6.06. The van der Waals surface area contributed by atoms with Gasteiger partial charge in [0.2, 0.25) is 5.88 Å². The zero-order valence-electron chi connectivity index (χ0n) is 10.4. The maximum Gasteiger partial charge on any atom is 0.240 e. The molecule has 0 radical (unpaired) electrons. The highest BCUT2D eigenvalue weighted by atomic mass is 35.5. The third-order valence-electron chi connectivity index (χ3n) is 2.35. The Morgan fingerprint density at radius 3 is 2.40 bits per heavy atom. The minimum Gasteiger partial charge on any atom is -0.437 e. The summed E-state index contributed by atoms with van der Waals surface area (Å²) in [5, 5.41) is 4.59. The Bertz CT molecular complexity index is 634. The van der Waals surface area contributed by atoms with Gasteiger partial charge in [0, 0.05) is 12.6 Å².